The fourth-order valence-electron chi connectivity index (χ4n) is 3.09. The van der Waals surface area contributed by atoms with Gasteiger partial charge in [0.25, 0.3) is 0 Å². The van der Waals surface area contributed by atoms with Gasteiger partial charge in [-0.1, -0.05) is 43.7 Å². The van der Waals surface area contributed by atoms with Gasteiger partial charge in [-0.2, -0.15) is 0 Å². The highest BCUT2D eigenvalue weighted by molar-refractivity contribution is 6.71. The van der Waals surface area contributed by atoms with Gasteiger partial charge < -0.3 is 8.85 Å². The van der Waals surface area contributed by atoms with Crippen LogP contribution < -0.4 is 0 Å². The maximum atomic E-state index is 6.00. The van der Waals surface area contributed by atoms with Crippen LogP contribution in [0.3, 0.4) is 0 Å². The first kappa shape index (κ1) is 24.6. The molecular weight excluding hydrogens is 340 g/mol. The van der Waals surface area contributed by atoms with E-state index in [0.29, 0.717) is 12.2 Å². The molecule has 0 unspecified atom stereocenters. The van der Waals surface area contributed by atoms with Gasteiger partial charge in [-0.05, 0) is 78.0 Å². The molecule has 1 aromatic rings. The molecule has 0 spiro atoms. The quantitative estimate of drug-likeness (QED) is 0.433. The molecule has 0 aliphatic carbocycles. The second-order valence-electron chi connectivity index (χ2n) is 8.59. The van der Waals surface area contributed by atoms with E-state index in [1.807, 2.05) is 0 Å². The van der Waals surface area contributed by atoms with E-state index in [1.54, 1.807) is 0 Å². The summed E-state index contributed by atoms with van der Waals surface area (Å²) in [6.45, 7) is 19.9. The molecule has 0 atom stereocenters. The number of hydrogen-bond donors (Lipinski definition) is 0. The third-order valence-electron chi connectivity index (χ3n) is 3.82. The number of benzene rings is 1. The summed E-state index contributed by atoms with van der Waals surface area (Å²) in [5, 5.41) is 0. The zero-order valence-corrected chi connectivity index (χ0v) is 20.2. The van der Waals surface area contributed by atoms with Crippen molar-refractivity contribution < 1.29 is 8.85 Å². The minimum atomic E-state index is -1.45. The first-order valence-electron chi connectivity index (χ1n) is 9.87. The Labute approximate surface area is 159 Å². The lowest BCUT2D eigenvalue weighted by molar-refractivity contribution is 0.230. The van der Waals surface area contributed by atoms with Crippen LogP contribution in [-0.2, 0) is 15.3 Å². The van der Waals surface area contributed by atoms with Crippen LogP contribution in [0.4, 0.5) is 0 Å². The van der Waals surface area contributed by atoms with Gasteiger partial charge in [0.2, 0.25) is 0 Å². The Kier molecular flexibility index (Phi) is 11.8. The molecule has 0 amide bonds. The molecule has 0 aliphatic rings. The van der Waals surface area contributed by atoms with Crippen LogP contribution in [0.5, 0.6) is 0 Å². The fourth-order valence-corrected chi connectivity index (χ4v) is 7.97. The van der Waals surface area contributed by atoms with Gasteiger partial charge in [-0.3, -0.25) is 0 Å². The molecule has 4 heteroatoms. The van der Waals surface area contributed by atoms with Crippen molar-refractivity contribution in [1.29, 1.82) is 0 Å². The Bertz CT molecular complexity index is 442. The smallest absolute Gasteiger partial charge is 0.187 e. The van der Waals surface area contributed by atoms with Crippen LogP contribution in [0.15, 0.2) is 30.3 Å². The van der Waals surface area contributed by atoms with E-state index >= 15 is 0 Å². The first-order chi connectivity index (χ1) is 11.5. The molecule has 1 rings (SSSR count). The maximum absolute atomic E-state index is 6.00. The van der Waals surface area contributed by atoms with Crippen molar-refractivity contribution in [1.82, 2.24) is 0 Å². The second kappa shape index (κ2) is 12.0. The zero-order valence-electron chi connectivity index (χ0n) is 18.2. The standard InChI is InChI=1S/C13H22OSi.C8H20OSi/c1-12(2)14-15(3,4)11-10-13-8-6-5-7-9-13;1-6-7-10(4,5)9-8(2)3/h5-9,12H,10-11H2,1-4H3;8H,6-7H2,1-5H3. The molecule has 0 saturated heterocycles. The molecule has 2 nitrogen and oxygen atoms in total. The lowest BCUT2D eigenvalue weighted by atomic mass is 10.2. The van der Waals surface area contributed by atoms with Crippen molar-refractivity contribution in [3.63, 3.8) is 0 Å². The molecule has 0 heterocycles. The predicted molar refractivity (Wildman–Crippen MR) is 117 cm³/mol. The number of rotatable bonds is 9. The molecule has 0 aliphatic heterocycles. The van der Waals surface area contributed by atoms with E-state index in [1.165, 1.54) is 24.1 Å². The third kappa shape index (κ3) is 14.4. The third-order valence-corrected chi connectivity index (χ3v) is 9.20. The van der Waals surface area contributed by atoms with E-state index in [4.69, 9.17) is 8.85 Å². The highest BCUT2D eigenvalue weighted by Gasteiger charge is 2.23. The first-order valence-corrected chi connectivity index (χ1v) is 16.1. The monoisotopic (exact) mass is 382 g/mol. The highest BCUT2D eigenvalue weighted by atomic mass is 28.4. The molecule has 0 N–H and O–H groups in total. The van der Waals surface area contributed by atoms with Crippen LogP contribution >= 0.6 is 0 Å². The van der Waals surface area contributed by atoms with E-state index in [-0.39, 0.29) is 0 Å². The van der Waals surface area contributed by atoms with Crippen molar-refractivity contribution in [2.24, 2.45) is 0 Å². The molecular formula is C21H42O2Si2. The Hall–Kier alpha value is -0.426. The Morgan fingerprint density at radius 3 is 1.60 bits per heavy atom. The maximum Gasteiger partial charge on any atom is 0.187 e. The molecule has 25 heavy (non-hydrogen) atoms. The largest absolute Gasteiger partial charge is 0.415 e. The van der Waals surface area contributed by atoms with Crippen molar-refractivity contribution in [3.05, 3.63) is 35.9 Å². The van der Waals surface area contributed by atoms with Crippen LogP contribution in [0.25, 0.3) is 0 Å². The summed E-state index contributed by atoms with van der Waals surface area (Å²) in [6, 6.07) is 13.1. The zero-order chi connectivity index (χ0) is 19.5. The summed E-state index contributed by atoms with van der Waals surface area (Å²) >= 11 is 0. The van der Waals surface area contributed by atoms with Crippen LogP contribution in [0.1, 0.15) is 46.6 Å². The van der Waals surface area contributed by atoms with Gasteiger partial charge in [0.15, 0.2) is 16.6 Å². The minimum Gasteiger partial charge on any atom is -0.415 e. The highest BCUT2D eigenvalue weighted by Crippen LogP contribution is 2.17. The van der Waals surface area contributed by atoms with Gasteiger partial charge >= 0.3 is 0 Å². The summed E-state index contributed by atoms with van der Waals surface area (Å²) in [5.74, 6) is 0. The van der Waals surface area contributed by atoms with E-state index in [0.717, 1.165) is 6.42 Å². The molecule has 0 radical (unpaired) electrons. The van der Waals surface area contributed by atoms with Gasteiger partial charge in [-0.15, -0.1) is 0 Å². The lowest BCUT2D eigenvalue weighted by Crippen LogP contribution is -2.33. The average Bonchev–Trinajstić information content (AvgIpc) is 2.44. The van der Waals surface area contributed by atoms with Crippen molar-refractivity contribution in [2.75, 3.05) is 0 Å². The SMILES string of the molecule is CC(C)O[Si](C)(C)CCc1ccccc1.CCC[Si](C)(C)OC(C)C. The Morgan fingerprint density at radius 1 is 0.760 bits per heavy atom. The van der Waals surface area contributed by atoms with Crippen LogP contribution in [-0.4, -0.2) is 28.8 Å². The molecule has 0 bridgehead atoms. The Morgan fingerprint density at radius 2 is 1.20 bits per heavy atom. The summed E-state index contributed by atoms with van der Waals surface area (Å²) < 4.78 is 11.8. The molecule has 1 aromatic carbocycles. The summed E-state index contributed by atoms with van der Waals surface area (Å²) in [6.07, 6.45) is 3.18. The van der Waals surface area contributed by atoms with Gasteiger partial charge in [0.05, 0.1) is 0 Å². The molecule has 146 valence electrons. The minimum absolute atomic E-state index is 0.363. The summed E-state index contributed by atoms with van der Waals surface area (Å²) in [7, 11) is -2.72. The van der Waals surface area contributed by atoms with E-state index in [9.17, 15) is 0 Å². The second-order valence-corrected chi connectivity index (χ2v) is 17.1. The predicted octanol–water partition coefficient (Wildman–Crippen LogP) is 6.89. The topological polar surface area (TPSA) is 18.5 Å². The normalized spacial score (nSPS) is 12.3. The van der Waals surface area contributed by atoms with Crippen molar-refractivity contribution in [2.45, 2.75) is 97.9 Å². The molecule has 0 fully saturated rings. The van der Waals surface area contributed by atoms with Crippen molar-refractivity contribution in [3.8, 4) is 0 Å². The van der Waals surface area contributed by atoms with Crippen LogP contribution in [0.2, 0.25) is 38.3 Å². The summed E-state index contributed by atoms with van der Waals surface area (Å²) in [4.78, 5) is 0. The summed E-state index contributed by atoms with van der Waals surface area (Å²) in [5.41, 5.74) is 1.42. The van der Waals surface area contributed by atoms with Crippen molar-refractivity contribution >= 4 is 16.6 Å². The molecule has 0 aromatic heterocycles. The van der Waals surface area contributed by atoms with E-state index in [2.05, 4.69) is 91.1 Å². The number of hydrogen-bond acceptors (Lipinski definition) is 2. The average molecular weight is 383 g/mol. The lowest BCUT2D eigenvalue weighted by Gasteiger charge is -2.25. The Balaban J connectivity index is 0.000000504. The van der Waals surface area contributed by atoms with Gasteiger partial charge in [0, 0.05) is 12.2 Å². The van der Waals surface area contributed by atoms with E-state index < -0.39 is 16.6 Å². The molecule has 0 saturated carbocycles. The van der Waals surface area contributed by atoms with Crippen LogP contribution in [0, 0.1) is 0 Å². The fraction of sp³-hybridized carbons (Fsp3) is 0.714. The number of aryl methyl sites for hydroxylation is 1. The van der Waals surface area contributed by atoms with Gasteiger partial charge in [0.1, 0.15) is 0 Å². The van der Waals surface area contributed by atoms with Gasteiger partial charge in [-0.25, -0.2) is 0 Å².